The summed E-state index contributed by atoms with van der Waals surface area (Å²) in [6, 6.07) is 10.1. The predicted molar refractivity (Wildman–Crippen MR) is 121 cm³/mol. The number of hydrogen-bond acceptors (Lipinski definition) is 4. The van der Waals surface area contributed by atoms with Crippen LogP contribution in [0.1, 0.15) is 16.7 Å². The first-order valence-electron chi connectivity index (χ1n) is 10.8. The van der Waals surface area contributed by atoms with Crippen molar-refractivity contribution < 1.29 is 28.8 Å². The van der Waals surface area contributed by atoms with Crippen LogP contribution in [0.5, 0.6) is 17.2 Å². The van der Waals surface area contributed by atoms with Gasteiger partial charge >= 0.3 is 0 Å². The van der Waals surface area contributed by atoms with Gasteiger partial charge in [-0.25, -0.2) is 0 Å². The Labute approximate surface area is 184 Å². The summed E-state index contributed by atoms with van der Waals surface area (Å²) in [6.07, 6.45) is 0. The quantitative estimate of drug-likeness (QED) is 0.563. The highest BCUT2D eigenvalue weighted by Gasteiger charge is 2.27. The number of methoxy groups -OCH3 is 3. The summed E-state index contributed by atoms with van der Waals surface area (Å²) in [6.45, 7) is 9.37. The van der Waals surface area contributed by atoms with Gasteiger partial charge in [-0.3, -0.25) is 4.79 Å². The van der Waals surface area contributed by atoms with E-state index >= 15 is 0 Å². The van der Waals surface area contributed by atoms with Gasteiger partial charge in [0.15, 0.2) is 18.0 Å². The molecule has 0 unspecified atom stereocenters. The smallest absolute Gasteiger partial charge is 0.279 e. The standard InChI is InChI=1S/C24H33N3O4/c1-17-6-8-20(18(2)14-17)25-22(28)16-27-12-10-26(11-13-27)15-19-7-9-21(29-3)24(31-5)23(19)30-4/h6-9,14H,10-13,15-16H2,1-5H3,(H,25,28)/p+2. The second-order valence-electron chi connectivity index (χ2n) is 8.21. The highest BCUT2D eigenvalue weighted by molar-refractivity contribution is 5.92. The predicted octanol–water partition coefficient (Wildman–Crippen LogP) is 0.251. The lowest BCUT2D eigenvalue weighted by Crippen LogP contribution is -3.28. The summed E-state index contributed by atoms with van der Waals surface area (Å²) in [5, 5.41) is 3.07. The normalized spacial score (nSPS) is 18.4. The number of carbonyl (C=O) groups is 1. The number of quaternary nitrogens is 2. The topological polar surface area (TPSA) is 65.7 Å². The number of nitrogens with one attached hydrogen (secondary N) is 3. The number of rotatable bonds is 8. The molecule has 0 atom stereocenters. The van der Waals surface area contributed by atoms with Crippen molar-refractivity contribution in [2.45, 2.75) is 20.4 Å². The van der Waals surface area contributed by atoms with Gasteiger partial charge in [-0.05, 0) is 37.6 Å². The average molecular weight is 430 g/mol. The molecule has 2 aromatic carbocycles. The number of carbonyl (C=O) groups excluding carboxylic acids is 1. The summed E-state index contributed by atoms with van der Waals surface area (Å²) < 4.78 is 16.5. The molecule has 0 spiro atoms. The van der Waals surface area contributed by atoms with E-state index in [0.29, 0.717) is 18.0 Å². The van der Waals surface area contributed by atoms with Gasteiger partial charge < -0.3 is 29.3 Å². The van der Waals surface area contributed by atoms with Crippen LogP contribution in [0.25, 0.3) is 0 Å². The van der Waals surface area contributed by atoms with Crippen molar-refractivity contribution >= 4 is 11.6 Å². The Hall–Kier alpha value is -2.77. The molecule has 0 radical (unpaired) electrons. The molecule has 3 N–H and O–H groups in total. The third-order valence-corrected chi connectivity index (χ3v) is 5.96. The molecule has 0 saturated carbocycles. The van der Waals surface area contributed by atoms with E-state index in [-0.39, 0.29) is 5.91 Å². The van der Waals surface area contributed by atoms with Crippen molar-refractivity contribution in [1.82, 2.24) is 0 Å². The Kier molecular flexibility index (Phi) is 7.76. The summed E-state index contributed by atoms with van der Waals surface area (Å²) in [5.74, 6) is 2.11. The lowest BCUT2D eigenvalue weighted by atomic mass is 10.1. The molecule has 1 aliphatic heterocycles. The monoisotopic (exact) mass is 429 g/mol. The minimum atomic E-state index is 0.0759. The summed E-state index contributed by atoms with van der Waals surface area (Å²) in [5.41, 5.74) is 4.30. The lowest BCUT2D eigenvalue weighted by molar-refractivity contribution is -1.02. The molecule has 1 amide bonds. The van der Waals surface area contributed by atoms with E-state index < -0.39 is 0 Å². The summed E-state index contributed by atoms with van der Waals surface area (Å²) in [7, 11) is 4.91. The molecule has 0 aromatic heterocycles. The largest absolute Gasteiger partial charge is 0.493 e. The zero-order valence-electron chi connectivity index (χ0n) is 19.3. The number of anilines is 1. The molecular weight excluding hydrogens is 394 g/mol. The molecule has 31 heavy (non-hydrogen) atoms. The van der Waals surface area contributed by atoms with Crippen LogP contribution in [-0.4, -0.2) is 60.0 Å². The van der Waals surface area contributed by atoms with E-state index in [9.17, 15) is 4.79 Å². The van der Waals surface area contributed by atoms with E-state index in [1.54, 1.807) is 21.3 Å². The molecule has 7 heteroatoms. The number of amides is 1. The van der Waals surface area contributed by atoms with Crippen LogP contribution in [0.2, 0.25) is 0 Å². The molecule has 1 saturated heterocycles. The van der Waals surface area contributed by atoms with Crippen molar-refractivity contribution in [2.75, 3.05) is 59.4 Å². The van der Waals surface area contributed by atoms with Crippen molar-refractivity contribution in [3.05, 3.63) is 47.0 Å². The number of piperazine rings is 1. The lowest BCUT2D eigenvalue weighted by Gasteiger charge is -2.30. The Balaban J connectivity index is 1.53. The highest BCUT2D eigenvalue weighted by Crippen LogP contribution is 2.39. The van der Waals surface area contributed by atoms with E-state index in [4.69, 9.17) is 14.2 Å². The molecule has 1 aliphatic rings. The fraction of sp³-hybridized carbons (Fsp3) is 0.458. The van der Waals surface area contributed by atoms with Gasteiger partial charge in [0.05, 0.1) is 26.9 Å². The van der Waals surface area contributed by atoms with E-state index in [1.807, 2.05) is 31.2 Å². The fourth-order valence-electron chi connectivity index (χ4n) is 4.26. The van der Waals surface area contributed by atoms with Gasteiger partial charge in [0.25, 0.3) is 5.91 Å². The van der Waals surface area contributed by atoms with Gasteiger partial charge in [0, 0.05) is 5.69 Å². The van der Waals surface area contributed by atoms with Crippen LogP contribution < -0.4 is 29.3 Å². The van der Waals surface area contributed by atoms with Gasteiger partial charge in [0.1, 0.15) is 32.7 Å². The molecule has 168 valence electrons. The fourth-order valence-corrected chi connectivity index (χ4v) is 4.26. The number of aryl methyl sites for hydroxylation is 2. The van der Waals surface area contributed by atoms with Crippen molar-refractivity contribution in [3.8, 4) is 17.2 Å². The van der Waals surface area contributed by atoms with Crippen LogP contribution in [0.3, 0.4) is 0 Å². The van der Waals surface area contributed by atoms with Crippen molar-refractivity contribution in [3.63, 3.8) is 0 Å². The number of ether oxygens (including phenoxy) is 3. The van der Waals surface area contributed by atoms with Crippen LogP contribution in [0, 0.1) is 13.8 Å². The maximum atomic E-state index is 12.5. The van der Waals surface area contributed by atoms with E-state index in [1.165, 1.54) is 15.4 Å². The Bertz CT molecular complexity index is 908. The molecule has 3 rings (SSSR count). The Morgan fingerprint density at radius 3 is 2.19 bits per heavy atom. The van der Waals surface area contributed by atoms with Crippen molar-refractivity contribution in [2.24, 2.45) is 0 Å². The van der Waals surface area contributed by atoms with Crippen molar-refractivity contribution in [1.29, 1.82) is 0 Å². The minimum Gasteiger partial charge on any atom is -0.493 e. The third-order valence-electron chi connectivity index (χ3n) is 5.96. The third kappa shape index (κ3) is 5.68. The second kappa shape index (κ2) is 10.5. The number of benzene rings is 2. The number of hydrogen-bond donors (Lipinski definition) is 3. The van der Waals surface area contributed by atoms with E-state index in [2.05, 4.69) is 18.3 Å². The molecular formula is C24H35N3O4+2. The first-order valence-corrected chi connectivity index (χ1v) is 10.8. The summed E-state index contributed by atoms with van der Waals surface area (Å²) in [4.78, 5) is 15.3. The maximum Gasteiger partial charge on any atom is 0.279 e. The molecule has 0 aliphatic carbocycles. The second-order valence-corrected chi connectivity index (χ2v) is 8.21. The molecule has 0 bridgehead atoms. The first-order chi connectivity index (χ1) is 14.9. The first kappa shape index (κ1) is 22.9. The Morgan fingerprint density at radius 1 is 0.903 bits per heavy atom. The van der Waals surface area contributed by atoms with Gasteiger partial charge in [-0.15, -0.1) is 0 Å². The van der Waals surface area contributed by atoms with Crippen LogP contribution in [-0.2, 0) is 11.3 Å². The molecule has 7 nitrogen and oxygen atoms in total. The van der Waals surface area contributed by atoms with E-state index in [0.717, 1.165) is 55.3 Å². The molecule has 1 heterocycles. The van der Waals surface area contributed by atoms with Gasteiger partial charge in [0.2, 0.25) is 5.75 Å². The van der Waals surface area contributed by atoms with Crippen LogP contribution in [0.15, 0.2) is 30.3 Å². The molecule has 2 aromatic rings. The Morgan fingerprint density at radius 2 is 1.58 bits per heavy atom. The van der Waals surface area contributed by atoms with Gasteiger partial charge in [-0.1, -0.05) is 17.7 Å². The summed E-state index contributed by atoms with van der Waals surface area (Å²) >= 11 is 0. The average Bonchev–Trinajstić information content (AvgIpc) is 2.76. The maximum absolute atomic E-state index is 12.5. The van der Waals surface area contributed by atoms with Crippen LogP contribution >= 0.6 is 0 Å². The molecule has 1 fully saturated rings. The highest BCUT2D eigenvalue weighted by atomic mass is 16.5. The minimum absolute atomic E-state index is 0.0759. The zero-order valence-corrected chi connectivity index (χ0v) is 19.3. The zero-order chi connectivity index (χ0) is 22.4. The SMILES string of the molecule is COc1ccc(C[NH+]2CC[NH+](CC(=O)Nc3ccc(C)cc3C)CC2)c(OC)c1OC. The van der Waals surface area contributed by atoms with Crippen LogP contribution in [0.4, 0.5) is 5.69 Å². The van der Waals surface area contributed by atoms with Gasteiger partial charge in [-0.2, -0.15) is 0 Å².